The summed E-state index contributed by atoms with van der Waals surface area (Å²) < 4.78 is 5.52. The molecule has 1 unspecified atom stereocenters. The van der Waals surface area contributed by atoms with Crippen LogP contribution in [0.3, 0.4) is 0 Å². The number of nitrogens with one attached hydrogen (secondary N) is 1. The minimum atomic E-state index is 0. The van der Waals surface area contributed by atoms with Crippen LogP contribution in [0, 0.1) is 0 Å². The van der Waals surface area contributed by atoms with E-state index >= 15 is 0 Å². The molecule has 1 fully saturated rings. The first-order valence-corrected chi connectivity index (χ1v) is 7.71. The molecule has 0 bridgehead atoms. The van der Waals surface area contributed by atoms with E-state index in [0.29, 0.717) is 6.04 Å². The van der Waals surface area contributed by atoms with Crippen LogP contribution in [-0.2, 0) is 6.54 Å². The van der Waals surface area contributed by atoms with Gasteiger partial charge < -0.3 is 10.1 Å². The molecule has 1 aromatic carbocycles. The molecule has 0 aliphatic carbocycles. The van der Waals surface area contributed by atoms with Crippen molar-refractivity contribution in [3.05, 3.63) is 46.4 Å². The minimum Gasteiger partial charge on any atom is -0.496 e. The van der Waals surface area contributed by atoms with Gasteiger partial charge in [0.15, 0.2) is 0 Å². The molecule has 6 heteroatoms. The summed E-state index contributed by atoms with van der Waals surface area (Å²) in [5, 5.41) is 3.48. The average molecular weight is 326 g/mol. The van der Waals surface area contributed by atoms with Gasteiger partial charge >= 0.3 is 0 Å². The van der Waals surface area contributed by atoms with Crippen LogP contribution in [0.1, 0.15) is 16.5 Å². The molecule has 2 heterocycles. The van der Waals surface area contributed by atoms with Gasteiger partial charge in [-0.25, -0.2) is 0 Å². The Hall–Kier alpha value is -1.14. The molecule has 114 valence electrons. The molecule has 1 aromatic heterocycles. The number of halogens is 1. The number of hydrogen-bond acceptors (Lipinski definition) is 5. The third-order valence-electron chi connectivity index (χ3n) is 3.69. The molecule has 2 aromatic rings. The van der Waals surface area contributed by atoms with Crippen LogP contribution in [0.2, 0.25) is 0 Å². The Morgan fingerprint density at radius 1 is 1.43 bits per heavy atom. The summed E-state index contributed by atoms with van der Waals surface area (Å²) in [6.45, 7) is 3.99. The fraction of sp³-hybridized carbons (Fsp3) is 0.400. The van der Waals surface area contributed by atoms with Crippen molar-refractivity contribution in [2.75, 3.05) is 26.7 Å². The lowest BCUT2D eigenvalue weighted by Gasteiger charge is -2.36. The predicted molar refractivity (Wildman–Crippen MR) is 88.4 cm³/mol. The van der Waals surface area contributed by atoms with Crippen molar-refractivity contribution < 1.29 is 4.74 Å². The molecule has 0 amide bonds. The monoisotopic (exact) mass is 325 g/mol. The topological polar surface area (TPSA) is 37.4 Å². The maximum Gasteiger partial charge on any atom is 0.123 e. The van der Waals surface area contributed by atoms with Gasteiger partial charge in [-0.1, -0.05) is 18.2 Å². The third-order valence-corrected chi connectivity index (χ3v) is 4.46. The molecular formula is C15H20ClN3OS. The van der Waals surface area contributed by atoms with Crippen molar-refractivity contribution in [1.29, 1.82) is 0 Å². The number of thiazole rings is 1. The van der Waals surface area contributed by atoms with Crippen molar-refractivity contribution in [2.24, 2.45) is 0 Å². The second-order valence-corrected chi connectivity index (χ2v) is 5.87. The standard InChI is InChI=1S/C15H19N3OS.ClH/c1-19-15-5-3-2-4-13(15)14-9-16-6-7-18(14)10-12-8-17-11-20-12;/h2-5,8,11,14,16H,6-7,9-10H2,1H3;1H. The van der Waals surface area contributed by atoms with Crippen LogP contribution in [-0.4, -0.2) is 36.6 Å². The molecule has 0 spiro atoms. The number of piperazine rings is 1. The highest BCUT2D eigenvalue weighted by Gasteiger charge is 2.26. The smallest absolute Gasteiger partial charge is 0.123 e. The molecule has 1 saturated heterocycles. The maximum atomic E-state index is 5.52. The fourth-order valence-corrected chi connectivity index (χ4v) is 3.32. The summed E-state index contributed by atoms with van der Waals surface area (Å²) >= 11 is 1.72. The summed E-state index contributed by atoms with van der Waals surface area (Å²) in [5.74, 6) is 0.968. The largest absolute Gasteiger partial charge is 0.496 e. The Balaban J connectivity index is 0.00000161. The lowest BCUT2D eigenvalue weighted by Crippen LogP contribution is -2.45. The molecule has 3 rings (SSSR count). The van der Waals surface area contributed by atoms with Crippen molar-refractivity contribution in [1.82, 2.24) is 15.2 Å². The molecular weight excluding hydrogens is 306 g/mol. The van der Waals surface area contributed by atoms with E-state index in [4.69, 9.17) is 4.74 Å². The average Bonchev–Trinajstić information content (AvgIpc) is 3.01. The zero-order valence-corrected chi connectivity index (χ0v) is 13.6. The second-order valence-electron chi connectivity index (χ2n) is 4.90. The molecule has 21 heavy (non-hydrogen) atoms. The Bertz CT molecular complexity index is 550. The Kier molecular flexibility index (Phi) is 5.99. The lowest BCUT2D eigenvalue weighted by atomic mass is 10.0. The van der Waals surface area contributed by atoms with Gasteiger partial charge in [-0.3, -0.25) is 9.88 Å². The SMILES string of the molecule is COc1ccccc1C1CNCCN1Cc1cncs1.Cl. The lowest BCUT2D eigenvalue weighted by molar-refractivity contribution is 0.152. The molecule has 1 aliphatic heterocycles. The minimum absolute atomic E-state index is 0. The van der Waals surface area contributed by atoms with E-state index < -0.39 is 0 Å². The Morgan fingerprint density at radius 2 is 2.29 bits per heavy atom. The molecule has 1 atom stereocenters. The quantitative estimate of drug-likeness (QED) is 0.938. The zero-order chi connectivity index (χ0) is 13.8. The van der Waals surface area contributed by atoms with Crippen molar-refractivity contribution in [3.63, 3.8) is 0 Å². The molecule has 1 aliphatic rings. The molecule has 0 saturated carbocycles. The predicted octanol–water partition coefficient (Wildman–Crippen LogP) is 2.72. The van der Waals surface area contributed by atoms with E-state index in [1.54, 1.807) is 18.4 Å². The number of para-hydroxylation sites is 1. The van der Waals surface area contributed by atoms with Crippen LogP contribution in [0.5, 0.6) is 5.75 Å². The number of benzene rings is 1. The zero-order valence-electron chi connectivity index (χ0n) is 12.0. The van der Waals surface area contributed by atoms with Crippen LogP contribution in [0.4, 0.5) is 0 Å². The molecule has 4 nitrogen and oxygen atoms in total. The van der Waals surface area contributed by atoms with E-state index in [1.165, 1.54) is 10.4 Å². The normalized spacial score (nSPS) is 19.0. The fourth-order valence-electron chi connectivity index (χ4n) is 2.70. The van der Waals surface area contributed by atoms with Crippen molar-refractivity contribution in [2.45, 2.75) is 12.6 Å². The first-order valence-electron chi connectivity index (χ1n) is 6.83. The summed E-state index contributed by atoms with van der Waals surface area (Å²) in [5.41, 5.74) is 3.15. The van der Waals surface area contributed by atoms with E-state index in [-0.39, 0.29) is 12.4 Å². The van der Waals surface area contributed by atoms with Gasteiger partial charge in [0.25, 0.3) is 0 Å². The highest BCUT2D eigenvalue weighted by atomic mass is 35.5. The van der Waals surface area contributed by atoms with Gasteiger partial charge in [-0.2, -0.15) is 0 Å². The van der Waals surface area contributed by atoms with Gasteiger partial charge in [0.05, 0.1) is 18.7 Å². The first kappa shape index (κ1) is 16.2. The summed E-state index contributed by atoms with van der Waals surface area (Å²) in [6.07, 6.45) is 1.96. The van der Waals surface area contributed by atoms with E-state index in [2.05, 4.69) is 27.3 Å². The molecule has 0 radical (unpaired) electrons. The Labute approximate surface area is 135 Å². The van der Waals surface area contributed by atoms with Gasteiger partial charge in [0.1, 0.15) is 5.75 Å². The number of rotatable bonds is 4. The van der Waals surface area contributed by atoms with Crippen LogP contribution < -0.4 is 10.1 Å². The third kappa shape index (κ3) is 3.74. The first-order chi connectivity index (χ1) is 9.88. The van der Waals surface area contributed by atoms with Gasteiger partial charge in [-0.05, 0) is 6.07 Å². The summed E-state index contributed by atoms with van der Waals surface area (Å²) in [4.78, 5) is 7.98. The van der Waals surface area contributed by atoms with E-state index in [0.717, 1.165) is 31.9 Å². The van der Waals surface area contributed by atoms with Crippen LogP contribution in [0.15, 0.2) is 36.0 Å². The maximum absolute atomic E-state index is 5.52. The van der Waals surface area contributed by atoms with E-state index in [9.17, 15) is 0 Å². The van der Waals surface area contributed by atoms with E-state index in [1.807, 2.05) is 23.8 Å². The van der Waals surface area contributed by atoms with Gasteiger partial charge in [0, 0.05) is 42.8 Å². The highest BCUT2D eigenvalue weighted by molar-refractivity contribution is 7.09. The number of methoxy groups -OCH3 is 1. The van der Waals surface area contributed by atoms with Crippen LogP contribution in [0.25, 0.3) is 0 Å². The van der Waals surface area contributed by atoms with Gasteiger partial charge in [0.2, 0.25) is 0 Å². The Morgan fingerprint density at radius 3 is 3.05 bits per heavy atom. The number of nitrogens with zero attached hydrogens (tertiary/aromatic N) is 2. The van der Waals surface area contributed by atoms with Gasteiger partial charge in [-0.15, -0.1) is 23.7 Å². The van der Waals surface area contributed by atoms with Crippen molar-refractivity contribution >= 4 is 23.7 Å². The van der Waals surface area contributed by atoms with Crippen molar-refractivity contribution in [3.8, 4) is 5.75 Å². The number of aromatic nitrogens is 1. The molecule has 1 N–H and O–H groups in total. The highest BCUT2D eigenvalue weighted by Crippen LogP contribution is 2.31. The number of hydrogen-bond donors (Lipinski definition) is 1. The second kappa shape index (κ2) is 7.75. The number of ether oxygens (including phenoxy) is 1. The van der Waals surface area contributed by atoms with Crippen LogP contribution >= 0.6 is 23.7 Å². The summed E-state index contributed by atoms with van der Waals surface area (Å²) in [6, 6.07) is 8.65. The summed E-state index contributed by atoms with van der Waals surface area (Å²) in [7, 11) is 1.74.